The Morgan fingerprint density at radius 3 is 2.67 bits per heavy atom. The summed E-state index contributed by atoms with van der Waals surface area (Å²) in [6.45, 7) is 2.22. The molecule has 0 aromatic rings. The van der Waals surface area contributed by atoms with Crippen molar-refractivity contribution in [1.29, 1.82) is 0 Å². The molecule has 1 rings (SSSR count). The summed E-state index contributed by atoms with van der Waals surface area (Å²) in [5.74, 6) is 1.29. The largest absolute Gasteiger partial charge is 0.293 e. The van der Waals surface area contributed by atoms with E-state index < -0.39 is 0 Å². The molecule has 15 heavy (non-hydrogen) atoms. The molecule has 0 bridgehead atoms. The third kappa shape index (κ3) is 5.36. The molecule has 0 amide bonds. The van der Waals surface area contributed by atoms with Crippen molar-refractivity contribution < 1.29 is 4.79 Å². The van der Waals surface area contributed by atoms with Gasteiger partial charge in [-0.15, -0.1) is 0 Å². The van der Waals surface area contributed by atoms with E-state index in [9.17, 15) is 4.79 Å². The Morgan fingerprint density at radius 2 is 2.00 bits per heavy atom. The molecule has 1 heterocycles. The predicted octanol–water partition coefficient (Wildman–Crippen LogP) is 3.80. The molecule has 0 aromatic carbocycles. The van der Waals surface area contributed by atoms with Crippen LogP contribution in [0.2, 0.25) is 0 Å². The molecule has 0 aliphatic carbocycles. The van der Waals surface area contributed by atoms with Crippen molar-refractivity contribution in [2.24, 2.45) is 4.40 Å². The first-order valence-electron chi connectivity index (χ1n) is 6.06. The molecule has 0 atom stereocenters. The lowest BCUT2D eigenvalue weighted by atomic mass is 10.0. The molecule has 1 aliphatic rings. The van der Waals surface area contributed by atoms with Gasteiger partial charge in [0.25, 0.3) is 0 Å². The molecule has 2 nitrogen and oxygen atoms in total. The van der Waals surface area contributed by atoms with E-state index in [1.165, 1.54) is 44.1 Å². The van der Waals surface area contributed by atoms with Crippen LogP contribution in [0.15, 0.2) is 4.40 Å². The van der Waals surface area contributed by atoms with E-state index >= 15 is 0 Å². The molecular formula is C12H21NOS. The second-order valence-corrected chi connectivity index (χ2v) is 4.91. The Kier molecular flexibility index (Phi) is 6.73. The lowest BCUT2D eigenvalue weighted by molar-refractivity contribution is -0.113. The summed E-state index contributed by atoms with van der Waals surface area (Å²) >= 11 is 1.53. The van der Waals surface area contributed by atoms with Crippen LogP contribution in [0.4, 0.5) is 0 Å². The maximum atomic E-state index is 11.6. The predicted molar refractivity (Wildman–Crippen MR) is 67.5 cm³/mol. The topological polar surface area (TPSA) is 29.4 Å². The highest BCUT2D eigenvalue weighted by molar-refractivity contribution is 7.98. The number of carbonyl (C=O) groups is 1. The van der Waals surface area contributed by atoms with Crippen molar-refractivity contribution in [3.63, 3.8) is 0 Å². The van der Waals surface area contributed by atoms with Gasteiger partial charge in [0.15, 0.2) is 5.78 Å². The summed E-state index contributed by atoms with van der Waals surface area (Å²) in [5, 5.41) is 0. The SMILES string of the molecule is CCCCCCCCC(=O)C1=NSCC1. The van der Waals surface area contributed by atoms with Crippen LogP contribution >= 0.6 is 11.9 Å². The third-order valence-electron chi connectivity index (χ3n) is 2.68. The third-order valence-corrected chi connectivity index (χ3v) is 3.42. The molecule has 0 radical (unpaired) electrons. The van der Waals surface area contributed by atoms with E-state index in [4.69, 9.17) is 0 Å². The van der Waals surface area contributed by atoms with Gasteiger partial charge >= 0.3 is 0 Å². The minimum Gasteiger partial charge on any atom is -0.293 e. The van der Waals surface area contributed by atoms with E-state index in [0.717, 1.165) is 24.3 Å². The van der Waals surface area contributed by atoms with Gasteiger partial charge in [-0.25, -0.2) is 4.40 Å². The first-order valence-corrected chi connectivity index (χ1v) is 7.01. The first kappa shape index (κ1) is 12.8. The van der Waals surface area contributed by atoms with Gasteiger partial charge in [0.2, 0.25) is 0 Å². The Balaban J connectivity index is 1.97. The minimum atomic E-state index is 0.287. The summed E-state index contributed by atoms with van der Waals surface area (Å²) in [6, 6.07) is 0. The van der Waals surface area contributed by atoms with Crippen molar-refractivity contribution in [2.75, 3.05) is 5.75 Å². The van der Waals surface area contributed by atoms with E-state index in [0.29, 0.717) is 6.42 Å². The van der Waals surface area contributed by atoms with Crippen molar-refractivity contribution in [3.8, 4) is 0 Å². The summed E-state index contributed by atoms with van der Waals surface area (Å²) < 4.78 is 4.15. The highest BCUT2D eigenvalue weighted by Gasteiger charge is 2.14. The number of Topliss-reactive ketones (excluding diaryl/α,β-unsaturated/α-hetero) is 1. The molecule has 0 saturated heterocycles. The molecule has 0 aromatic heterocycles. The van der Waals surface area contributed by atoms with Gasteiger partial charge in [0.1, 0.15) is 0 Å². The van der Waals surface area contributed by atoms with E-state index in [1.807, 2.05) is 0 Å². The molecule has 0 unspecified atom stereocenters. The van der Waals surface area contributed by atoms with Crippen LogP contribution in [0.1, 0.15) is 58.3 Å². The Labute approximate surface area is 97.1 Å². The zero-order valence-corrected chi connectivity index (χ0v) is 10.4. The number of unbranched alkanes of at least 4 members (excludes halogenated alkanes) is 5. The molecule has 1 aliphatic heterocycles. The summed E-state index contributed by atoms with van der Waals surface area (Å²) in [7, 11) is 0. The molecule has 0 spiro atoms. The Morgan fingerprint density at radius 1 is 1.27 bits per heavy atom. The van der Waals surface area contributed by atoms with Gasteiger partial charge in [-0.3, -0.25) is 4.79 Å². The van der Waals surface area contributed by atoms with Gasteiger partial charge < -0.3 is 0 Å². The molecule has 3 heteroatoms. The van der Waals surface area contributed by atoms with Crippen LogP contribution in [0.3, 0.4) is 0 Å². The zero-order valence-electron chi connectivity index (χ0n) is 9.63. The van der Waals surface area contributed by atoms with Crippen LogP contribution in [-0.4, -0.2) is 17.2 Å². The van der Waals surface area contributed by atoms with E-state index in [-0.39, 0.29) is 5.78 Å². The average Bonchev–Trinajstić information content (AvgIpc) is 2.76. The van der Waals surface area contributed by atoms with Gasteiger partial charge in [0, 0.05) is 18.6 Å². The maximum absolute atomic E-state index is 11.6. The number of nitrogens with zero attached hydrogens (tertiary/aromatic N) is 1. The number of hydrogen-bond acceptors (Lipinski definition) is 3. The van der Waals surface area contributed by atoms with Crippen molar-refractivity contribution >= 4 is 23.4 Å². The smallest absolute Gasteiger partial charge is 0.177 e. The first-order chi connectivity index (χ1) is 7.34. The van der Waals surface area contributed by atoms with Crippen LogP contribution < -0.4 is 0 Å². The highest BCUT2D eigenvalue weighted by atomic mass is 32.2. The normalized spacial score (nSPS) is 15.4. The second kappa shape index (κ2) is 7.91. The van der Waals surface area contributed by atoms with Crippen molar-refractivity contribution in [2.45, 2.75) is 58.3 Å². The van der Waals surface area contributed by atoms with Gasteiger partial charge in [-0.05, 0) is 18.4 Å². The molecule has 0 N–H and O–H groups in total. The molecule has 0 saturated carbocycles. The molecule has 0 fully saturated rings. The minimum absolute atomic E-state index is 0.287. The number of carbonyl (C=O) groups excluding carboxylic acids is 1. The van der Waals surface area contributed by atoms with Crippen LogP contribution in [0.25, 0.3) is 0 Å². The maximum Gasteiger partial charge on any atom is 0.177 e. The lowest BCUT2D eigenvalue weighted by Crippen LogP contribution is -2.11. The number of rotatable bonds is 8. The zero-order chi connectivity index (χ0) is 10.9. The Hall–Kier alpha value is -0.310. The van der Waals surface area contributed by atoms with Gasteiger partial charge in [-0.1, -0.05) is 39.0 Å². The summed E-state index contributed by atoms with van der Waals surface area (Å²) in [4.78, 5) is 11.6. The van der Waals surface area contributed by atoms with Crippen molar-refractivity contribution in [1.82, 2.24) is 0 Å². The van der Waals surface area contributed by atoms with Crippen LogP contribution in [-0.2, 0) is 4.79 Å². The second-order valence-electron chi connectivity index (χ2n) is 4.06. The van der Waals surface area contributed by atoms with E-state index in [2.05, 4.69) is 11.3 Å². The van der Waals surface area contributed by atoms with Crippen LogP contribution in [0, 0.1) is 0 Å². The fourth-order valence-corrected chi connectivity index (χ4v) is 2.44. The Bertz CT molecular complexity index is 226. The monoisotopic (exact) mass is 227 g/mol. The quantitative estimate of drug-likeness (QED) is 0.466. The van der Waals surface area contributed by atoms with Gasteiger partial charge in [-0.2, -0.15) is 0 Å². The van der Waals surface area contributed by atoms with Gasteiger partial charge in [0.05, 0.1) is 5.71 Å². The number of hydrogen-bond donors (Lipinski definition) is 0. The fourth-order valence-electron chi connectivity index (χ4n) is 1.71. The van der Waals surface area contributed by atoms with E-state index in [1.54, 1.807) is 0 Å². The van der Waals surface area contributed by atoms with Crippen LogP contribution in [0.5, 0.6) is 0 Å². The number of ketones is 1. The fraction of sp³-hybridized carbons (Fsp3) is 0.833. The molecular weight excluding hydrogens is 206 g/mol. The lowest BCUT2D eigenvalue weighted by Gasteiger charge is -2.00. The molecule has 86 valence electrons. The summed E-state index contributed by atoms with van der Waals surface area (Å²) in [6.07, 6.45) is 9.07. The standard InChI is InChI=1S/C12H21NOS/c1-2-3-4-5-6-7-8-12(14)11-9-10-15-13-11/h2-10H2,1H3. The highest BCUT2D eigenvalue weighted by Crippen LogP contribution is 2.17. The summed E-state index contributed by atoms with van der Waals surface area (Å²) in [5.41, 5.74) is 0.827. The van der Waals surface area contributed by atoms with Crippen molar-refractivity contribution in [3.05, 3.63) is 0 Å². The average molecular weight is 227 g/mol.